The molecule has 1 rings (SSSR count). The van der Waals surface area contributed by atoms with Crippen LogP contribution < -0.4 is 0 Å². The third-order valence-electron chi connectivity index (χ3n) is 3.58. The molecule has 0 fully saturated rings. The van der Waals surface area contributed by atoms with Gasteiger partial charge in [0.15, 0.2) is 0 Å². The highest BCUT2D eigenvalue weighted by atomic mass is 14.1. The van der Waals surface area contributed by atoms with Crippen LogP contribution in [0, 0.1) is 0 Å². The monoisotopic (exact) mass is 248 g/mol. The molecule has 0 amide bonds. The molecule has 0 nitrogen and oxygen atoms in total. The zero-order chi connectivity index (χ0) is 12.3. The molecular formula is C18H32. The first-order chi connectivity index (χ1) is 8.38. The molecule has 1 aromatic carbocycles. The second-order valence-electron chi connectivity index (χ2n) is 5.10. The van der Waals surface area contributed by atoms with Crippen molar-refractivity contribution < 1.29 is 0 Å². The highest BCUT2D eigenvalue weighted by molar-refractivity contribution is 5.19. The predicted molar refractivity (Wildman–Crippen MR) is 84.2 cm³/mol. The molecule has 0 aliphatic carbocycles. The Bertz CT molecular complexity index is 253. The molecule has 0 heterocycles. The predicted octanol–water partition coefficient (Wildman–Crippen LogP) is 6.57. The summed E-state index contributed by atoms with van der Waals surface area (Å²) in [6.07, 6.45) is 11.0. The Labute approximate surface area is 115 Å². The number of rotatable bonds is 9. The van der Waals surface area contributed by atoms with Crippen LogP contribution in [0.3, 0.4) is 0 Å². The average Bonchev–Trinajstić information content (AvgIpc) is 2.38. The maximum atomic E-state index is 2.31. The maximum Gasteiger partial charge on any atom is -0.0162 e. The van der Waals surface area contributed by atoms with E-state index in [-0.39, 0.29) is 7.43 Å². The van der Waals surface area contributed by atoms with Crippen LogP contribution in [0.5, 0.6) is 0 Å². The van der Waals surface area contributed by atoms with Crippen molar-refractivity contribution in [3.05, 3.63) is 35.9 Å². The highest BCUT2D eigenvalue weighted by Crippen LogP contribution is 2.27. The van der Waals surface area contributed by atoms with Gasteiger partial charge in [-0.15, -0.1) is 0 Å². The van der Waals surface area contributed by atoms with Crippen molar-refractivity contribution in [2.75, 3.05) is 0 Å². The van der Waals surface area contributed by atoms with E-state index in [1.165, 1.54) is 51.4 Å². The fraction of sp³-hybridized carbons (Fsp3) is 0.667. The van der Waals surface area contributed by atoms with Crippen molar-refractivity contribution in [1.82, 2.24) is 0 Å². The quantitative estimate of drug-likeness (QED) is 0.434. The Hall–Kier alpha value is -0.780. The van der Waals surface area contributed by atoms with Crippen LogP contribution in [-0.4, -0.2) is 0 Å². The van der Waals surface area contributed by atoms with Gasteiger partial charge < -0.3 is 0 Å². The Kier molecular flexibility index (Phi) is 10.8. The van der Waals surface area contributed by atoms with Crippen molar-refractivity contribution >= 4 is 0 Å². The lowest BCUT2D eigenvalue weighted by Crippen LogP contribution is -1.99. The van der Waals surface area contributed by atoms with Crippen LogP contribution in [0.25, 0.3) is 0 Å². The molecule has 0 aromatic heterocycles. The molecule has 0 aliphatic heterocycles. The summed E-state index contributed by atoms with van der Waals surface area (Å²) in [6, 6.07) is 11.1. The SMILES string of the molecule is C.CCCCCC(CCCCC)c1ccccc1. The number of hydrogen-bond donors (Lipinski definition) is 0. The van der Waals surface area contributed by atoms with Gasteiger partial charge in [-0.3, -0.25) is 0 Å². The molecule has 0 N–H and O–H groups in total. The number of unbranched alkanes of at least 4 members (excludes halogenated alkanes) is 4. The summed E-state index contributed by atoms with van der Waals surface area (Å²) < 4.78 is 0. The summed E-state index contributed by atoms with van der Waals surface area (Å²) in [5.74, 6) is 0.800. The van der Waals surface area contributed by atoms with Crippen molar-refractivity contribution in [2.24, 2.45) is 0 Å². The van der Waals surface area contributed by atoms with Gasteiger partial charge in [0, 0.05) is 0 Å². The van der Waals surface area contributed by atoms with Crippen LogP contribution in [0.4, 0.5) is 0 Å². The average molecular weight is 248 g/mol. The van der Waals surface area contributed by atoms with E-state index in [0.29, 0.717) is 0 Å². The Morgan fingerprint density at radius 2 is 1.28 bits per heavy atom. The van der Waals surface area contributed by atoms with E-state index in [4.69, 9.17) is 0 Å². The fourth-order valence-electron chi connectivity index (χ4n) is 2.48. The second-order valence-corrected chi connectivity index (χ2v) is 5.10. The topological polar surface area (TPSA) is 0 Å². The van der Waals surface area contributed by atoms with Gasteiger partial charge in [-0.2, -0.15) is 0 Å². The van der Waals surface area contributed by atoms with Crippen molar-refractivity contribution in [1.29, 1.82) is 0 Å². The molecule has 104 valence electrons. The van der Waals surface area contributed by atoms with E-state index in [1.807, 2.05) is 0 Å². The summed E-state index contributed by atoms with van der Waals surface area (Å²) in [7, 11) is 0. The minimum absolute atomic E-state index is 0. The van der Waals surface area contributed by atoms with Crippen LogP contribution >= 0.6 is 0 Å². The van der Waals surface area contributed by atoms with E-state index < -0.39 is 0 Å². The van der Waals surface area contributed by atoms with E-state index in [2.05, 4.69) is 44.2 Å². The van der Waals surface area contributed by atoms with Gasteiger partial charge in [-0.05, 0) is 24.3 Å². The Balaban J connectivity index is 0.00000289. The van der Waals surface area contributed by atoms with Crippen LogP contribution in [0.15, 0.2) is 30.3 Å². The second kappa shape index (κ2) is 11.3. The fourth-order valence-corrected chi connectivity index (χ4v) is 2.48. The maximum absolute atomic E-state index is 2.31. The van der Waals surface area contributed by atoms with Crippen LogP contribution in [0.2, 0.25) is 0 Å². The number of benzene rings is 1. The standard InChI is InChI=1S/C17H28.CH4/c1-3-5-8-12-16(13-9-6-4-2)17-14-10-7-11-15-17;/h7,10-11,14-16H,3-6,8-9,12-13H2,1-2H3;1H4. The molecule has 0 saturated heterocycles. The third kappa shape index (κ3) is 6.83. The van der Waals surface area contributed by atoms with Gasteiger partial charge in [0.1, 0.15) is 0 Å². The lowest BCUT2D eigenvalue weighted by atomic mass is 9.88. The zero-order valence-electron chi connectivity index (χ0n) is 11.6. The smallest absolute Gasteiger partial charge is 0.0162 e. The van der Waals surface area contributed by atoms with Crippen molar-refractivity contribution in [3.8, 4) is 0 Å². The molecule has 0 unspecified atom stereocenters. The molecule has 18 heavy (non-hydrogen) atoms. The van der Waals surface area contributed by atoms with Gasteiger partial charge in [0.2, 0.25) is 0 Å². The van der Waals surface area contributed by atoms with E-state index in [0.717, 1.165) is 5.92 Å². The Morgan fingerprint density at radius 1 is 0.778 bits per heavy atom. The first kappa shape index (κ1) is 17.2. The molecule has 0 radical (unpaired) electrons. The molecule has 0 spiro atoms. The first-order valence-electron chi connectivity index (χ1n) is 7.43. The molecule has 0 saturated carbocycles. The normalized spacial score (nSPS) is 10.4. The summed E-state index contributed by atoms with van der Waals surface area (Å²) in [5, 5.41) is 0. The van der Waals surface area contributed by atoms with Crippen LogP contribution in [-0.2, 0) is 0 Å². The van der Waals surface area contributed by atoms with Gasteiger partial charge in [-0.25, -0.2) is 0 Å². The van der Waals surface area contributed by atoms with Gasteiger partial charge >= 0.3 is 0 Å². The zero-order valence-corrected chi connectivity index (χ0v) is 11.6. The molecule has 0 heteroatoms. The molecule has 0 aliphatic rings. The van der Waals surface area contributed by atoms with E-state index in [9.17, 15) is 0 Å². The first-order valence-corrected chi connectivity index (χ1v) is 7.43. The van der Waals surface area contributed by atoms with E-state index in [1.54, 1.807) is 5.56 Å². The molecule has 1 aromatic rings. The molecule has 0 bridgehead atoms. The summed E-state index contributed by atoms with van der Waals surface area (Å²) in [5.41, 5.74) is 1.56. The van der Waals surface area contributed by atoms with Gasteiger partial charge in [0.05, 0.1) is 0 Å². The third-order valence-corrected chi connectivity index (χ3v) is 3.58. The Morgan fingerprint density at radius 3 is 1.72 bits per heavy atom. The summed E-state index contributed by atoms with van der Waals surface area (Å²) >= 11 is 0. The number of hydrogen-bond acceptors (Lipinski definition) is 0. The van der Waals surface area contributed by atoms with Crippen molar-refractivity contribution in [2.45, 2.75) is 78.6 Å². The lowest BCUT2D eigenvalue weighted by Gasteiger charge is -2.17. The molecule has 0 atom stereocenters. The van der Waals surface area contributed by atoms with Crippen LogP contribution in [0.1, 0.15) is 84.1 Å². The van der Waals surface area contributed by atoms with Gasteiger partial charge in [0.25, 0.3) is 0 Å². The van der Waals surface area contributed by atoms with Gasteiger partial charge in [-0.1, -0.05) is 90.1 Å². The highest BCUT2D eigenvalue weighted by Gasteiger charge is 2.10. The lowest BCUT2D eigenvalue weighted by molar-refractivity contribution is 0.506. The summed E-state index contributed by atoms with van der Waals surface area (Å²) in [4.78, 5) is 0. The minimum Gasteiger partial charge on any atom is -0.0776 e. The largest absolute Gasteiger partial charge is 0.0776 e. The summed E-state index contributed by atoms with van der Waals surface area (Å²) in [6.45, 7) is 4.57. The van der Waals surface area contributed by atoms with E-state index >= 15 is 0 Å². The molecular weight excluding hydrogens is 216 g/mol. The minimum atomic E-state index is 0. The van der Waals surface area contributed by atoms with Crippen molar-refractivity contribution in [3.63, 3.8) is 0 Å².